The van der Waals surface area contributed by atoms with Crippen LogP contribution in [0.4, 0.5) is 0 Å². The van der Waals surface area contributed by atoms with E-state index in [4.69, 9.17) is 16.3 Å². The van der Waals surface area contributed by atoms with Gasteiger partial charge in [0.2, 0.25) is 5.91 Å². The molecule has 2 aliphatic carbocycles. The topological polar surface area (TPSA) is 50.7 Å². The molecule has 0 spiro atoms. The van der Waals surface area contributed by atoms with Gasteiger partial charge in [-0.15, -0.1) is 0 Å². The van der Waals surface area contributed by atoms with Crippen LogP contribution in [0.1, 0.15) is 43.7 Å². The molecule has 2 fully saturated rings. The molecule has 0 aliphatic heterocycles. The number of benzene rings is 2. The molecule has 0 aromatic heterocycles. The number of carbonyl (C=O) groups excluding carboxylic acids is 1. The first-order valence-corrected chi connectivity index (χ1v) is 10.2. The number of carbonyl (C=O) groups is 1. The smallest absolute Gasteiger partial charge is 0.244 e. The zero-order chi connectivity index (χ0) is 19.6. The van der Waals surface area contributed by atoms with Crippen LogP contribution < -0.4 is 10.2 Å². The van der Waals surface area contributed by atoms with Gasteiger partial charge in [0.05, 0.1) is 6.21 Å². The third kappa shape index (κ3) is 3.93. The van der Waals surface area contributed by atoms with Crippen molar-refractivity contribution in [2.45, 2.75) is 39.2 Å². The second kappa shape index (κ2) is 7.96. The standard InChI is InChI=1S/C23H25ClN2O2/c1-23-13-5-4-7-19(23)21(23)22(27)26-25-14-16-9-11-18(12-10-16)28-15-17-6-2-3-8-20(17)24/h2-3,6,8-12,14,19,21H,4-5,7,13,15H2,1H3,(H,26,27)/b25-14-/t19-,21-,23+/m1/s1. The average molecular weight is 397 g/mol. The lowest BCUT2D eigenvalue weighted by Crippen LogP contribution is -2.22. The summed E-state index contributed by atoms with van der Waals surface area (Å²) in [5.74, 6) is 1.50. The average Bonchev–Trinajstić information content (AvgIpc) is 3.34. The Bertz CT molecular complexity index is 880. The van der Waals surface area contributed by atoms with Gasteiger partial charge in [0.25, 0.3) is 0 Å². The molecular weight excluding hydrogens is 372 g/mol. The lowest BCUT2D eigenvalue weighted by atomic mass is 9.90. The van der Waals surface area contributed by atoms with Crippen molar-refractivity contribution in [1.82, 2.24) is 5.43 Å². The predicted octanol–water partition coefficient (Wildman–Crippen LogP) is 5.20. The van der Waals surface area contributed by atoms with E-state index < -0.39 is 0 Å². The Labute approximate surface area is 170 Å². The first-order valence-electron chi connectivity index (χ1n) is 9.87. The van der Waals surface area contributed by atoms with Gasteiger partial charge < -0.3 is 4.74 Å². The van der Waals surface area contributed by atoms with Crippen molar-refractivity contribution < 1.29 is 9.53 Å². The molecule has 0 heterocycles. The first kappa shape index (κ1) is 19.0. The summed E-state index contributed by atoms with van der Waals surface area (Å²) in [6.45, 7) is 2.66. The van der Waals surface area contributed by atoms with Gasteiger partial charge in [-0.3, -0.25) is 4.79 Å². The maximum absolute atomic E-state index is 12.4. The molecule has 2 saturated carbocycles. The Hall–Kier alpha value is -2.33. The van der Waals surface area contributed by atoms with Crippen molar-refractivity contribution in [2.75, 3.05) is 0 Å². The molecule has 2 aliphatic rings. The van der Waals surface area contributed by atoms with Crippen molar-refractivity contribution in [3.63, 3.8) is 0 Å². The second-order valence-electron chi connectivity index (χ2n) is 8.02. The fraction of sp³-hybridized carbons (Fsp3) is 0.391. The molecule has 4 rings (SSSR count). The Balaban J connectivity index is 1.27. The van der Waals surface area contributed by atoms with Crippen LogP contribution in [0.15, 0.2) is 53.6 Å². The number of fused-ring (bicyclic) bond motifs is 1. The Morgan fingerprint density at radius 2 is 2.04 bits per heavy atom. The molecular formula is C23H25ClN2O2. The second-order valence-corrected chi connectivity index (χ2v) is 8.43. The minimum absolute atomic E-state index is 0.0605. The molecule has 146 valence electrons. The minimum atomic E-state index is 0.0605. The van der Waals surface area contributed by atoms with Gasteiger partial charge in [0.15, 0.2) is 0 Å². The lowest BCUT2D eigenvalue weighted by molar-refractivity contribution is -0.123. The van der Waals surface area contributed by atoms with Gasteiger partial charge in [-0.1, -0.05) is 49.6 Å². The van der Waals surface area contributed by atoms with Crippen LogP contribution in [0.2, 0.25) is 5.02 Å². The highest BCUT2D eigenvalue weighted by Gasteiger charge is 2.64. The van der Waals surface area contributed by atoms with Gasteiger partial charge in [-0.05, 0) is 60.1 Å². The summed E-state index contributed by atoms with van der Waals surface area (Å²) in [6.07, 6.45) is 6.50. The van der Waals surface area contributed by atoms with Crippen LogP contribution in [0.3, 0.4) is 0 Å². The molecule has 0 unspecified atom stereocenters. The highest BCUT2D eigenvalue weighted by molar-refractivity contribution is 6.31. The summed E-state index contributed by atoms with van der Waals surface area (Å²) in [4.78, 5) is 12.4. The largest absolute Gasteiger partial charge is 0.489 e. The van der Waals surface area contributed by atoms with E-state index in [0.717, 1.165) is 23.3 Å². The zero-order valence-electron chi connectivity index (χ0n) is 16.0. The zero-order valence-corrected chi connectivity index (χ0v) is 16.8. The molecule has 1 amide bonds. The summed E-state index contributed by atoms with van der Waals surface area (Å²) < 4.78 is 5.78. The van der Waals surface area contributed by atoms with Gasteiger partial charge in [-0.2, -0.15) is 5.10 Å². The van der Waals surface area contributed by atoms with Gasteiger partial charge in [0, 0.05) is 16.5 Å². The SMILES string of the molecule is C[C@]12CCCC[C@@H]1[C@@H]2C(=O)N/N=C\c1ccc(OCc2ccccc2Cl)cc1. The maximum Gasteiger partial charge on any atom is 0.244 e. The minimum Gasteiger partial charge on any atom is -0.489 e. The van der Waals surface area contributed by atoms with Crippen molar-refractivity contribution in [3.05, 3.63) is 64.7 Å². The lowest BCUT2D eigenvalue weighted by Gasteiger charge is -2.15. The number of ether oxygens (including phenoxy) is 1. The molecule has 0 saturated heterocycles. The summed E-state index contributed by atoms with van der Waals surface area (Å²) >= 11 is 6.14. The van der Waals surface area contributed by atoms with Crippen LogP contribution >= 0.6 is 11.6 Å². The van der Waals surface area contributed by atoms with E-state index in [1.54, 1.807) is 6.21 Å². The number of amides is 1. The molecule has 0 radical (unpaired) electrons. The Kier molecular flexibility index (Phi) is 5.40. The molecule has 1 N–H and O–H groups in total. The number of nitrogens with zero attached hydrogens (tertiary/aromatic N) is 1. The van der Waals surface area contributed by atoms with Crippen molar-refractivity contribution in [3.8, 4) is 5.75 Å². The van der Waals surface area contributed by atoms with Gasteiger partial charge >= 0.3 is 0 Å². The van der Waals surface area contributed by atoms with Crippen LogP contribution in [-0.4, -0.2) is 12.1 Å². The van der Waals surface area contributed by atoms with Crippen LogP contribution in [0.5, 0.6) is 5.75 Å². The Morgan fingerprint density at radius 1 is 1.25 bits per heavy atom. The molecule has 4 nitrogen and oxygen atoms in total. The predicted molar refractivity (Wildman–Crippen MR) is 112 cm³/mol. The fourth-order valence-corrected chi connectivity index (χ4v) is 4.71. The number of hydrogen-bond acceptors (Lipinski definition) is 3. The molecule has 28 heavy (non-hydrogen) atoms. The first-order chi connectivity index (χ1) is 13.6. The molecule has 2 aromatic rings. The number of halogens is 1. The molecule has 2 aromatic carbocycles. The molecule has 3 atom stereocenters. The summed E-state index contributed by atoms with van der Waals surface area (Å²) in [5, 5.41) is 4.84. The highest BCUT2D eigenvalue weighted by atomic mass is 35.5. The van der Waals surface area contributed by atoms with Crippen molar-refractivity contribution in [2.24, 2.45) is 22.4 Å². The van der Waals surface area contributed by atoms with E-state index in [2.05, 4.69) is 17.5 Å². The van der Waals surface area contributed by atoms with Gasteiger partial charge in [0.1, 0.15) is 12.4 Å². The van der Waals surface area contributed by atoms with Gasteiger partial charge in [-0.25, -0.2) is 5.43 Å². The Morgan fingerprint density at radius 3 is 2.75 bits per heavy atom. The fourth-order valence-electron chi connectivity index (χ4n) is 4.52. The van der Waals surface area contributed by atoms with Crippen molar-refractivity contribution >= 4 is 23.7 Å². The maximum atomic E-state index is 12.4. The monoisotopic (exact) mass is 396 g/mol. The summed E-state index contributed by atoms with van der Waals surface area (Å²) in [5.41, 5.74) is 4.79. The third-order valence-corrected chi connectivity index (χ3v) is 6.60. The van der Waals surface area contributed by atoms with Crippen LogP contribution in [0, 0.1) is 17.3 Å². The summed E-state index contributed by atoms with van der Waals surface area (Å²) in [7, 11) is 0. The number of nitrogens with one attached hydrogen (secondary N) is 1. The van der Waals surface area contributed by atoms with Crippen molar-refractivity contribution in [1.29, 1.82) is 0 Å². The number of rotatable bonds is 6. The van der Waals surface area contributed by atoms with E-state index in [1.807, 2.05) is 48.5 Å². The van der Waals surface area contributed by atoms with E-state index >= 15 is 0 Å². The van der Waals surface area contributed by atoms with Crippen LogP contribution in [0.25, 0.3) is 0 Å². The van der Waals surface area contributed by atoms with E-state index in [-0.39, 0.29) is 17.2 Å². The quantitative estimate of drug-likeness (QED) is 0.539. The number of hydrazone groups is 1. The summed E-state index contributed by atoms with van der Waals surface area (Å²) in [6, 6.07) is 15.2. The molecule has 5 heteroatoms. The van der Waals surface area contributed by atoms with Crippen LogP contribution in [-0.2, 0) is 11.4 Å². The highest BCUT2D eigenvalue weighted by Crippen LogP contribution is 2.66. The third-order valence-electron chi connectivity index (χ3n) is 6.23. The van der Waals surface area contributed by atoms with E-state index in [9.17, 15) is 4.79 Å². The molecule has 0 bridgehead atoms. The normalized spacial score (nSPS) is 25.9. The van der Waals surface area contributed by atoms with E-state index in [0.29, 0.717) is 17.5 Å². The number of hydrogen-bond donors (Lipinski definition) is 1. The van der Waals surface area contributed by atoms with E-state index in [1.165, 1.54) is 19.3 Å².